The zero-order valence-electron chi connectivity index (χ0n) is 19.7. The SMILES string of the molecule is CCCCN1C(=O)/C(=c2\sc3n(c2=O)C(c2cccs2)C(C(=O)OCC)=C(C)N=3)c2ccccc21. The van der Waals surface area contributed by atoms with Crippen molar-refractivity contribution in [3.05, 3.63) is 83.2 Å². The van der Waals surface area contributed by atoms with Gasteiger partial charge < -0.3 is 9.64 Å². The van der Waals surface area contributed by atoms with E-state index in [1.807, 2.05) is 41.8 Å². The maximum absolute atomic E-state index is 14.0. The third-order valence-corrected chi connectivity index (χ3v) is 8.17. The number of benzene rings is 1. The highest BCUT2D eigenvalue weighted by atomic mass is 32.1. The fourth-order valence-corrected chi connectivity index (χ4v) is 6.56. The lowest BCUT2D eigenvalue weighted by atomic mass is 10.0. The van der Waals surface area contributed by atoms with Crippen molar-refractivity contribution in [3.63, 3.8) is 0 Å². The maximum Gasteiger partial charge on any atom is 0.338 e. The van der Waals surface area contributed by atoms with Crippen molar-refractivity contribution in [1.82, 2.24) is 4.57 Å². The minimum atomic E-state index is -0.650. The molecule has 0 N–H and O–H groups in total. The number of esters is 1. The predicted molar refractivity (Wildman–Crippen MR) is 137 cm³/mol. The Balaban J connectivity index is 1.77. The average molecular weight is 508 g/mol. The molecule has 9 heteroatoms. The highest BCUT2D eigenvalue weighted by Crippen LogP contribution is 2.36. The molecule has 5 rings (SSSR count). The Morgan fingerprint density at radius 3 is 2.66 bits per heavy atom. The van der Waals surface area contributed by atoms with Gasteiger partial charge in [-0.25, -0.2) is 9.79 Å². The predicted octanol–water partition coefficient (Wildman–Crippen LogP) is 3.38. The smallest absolute Gasteiger partial charge is 0.338 e. The Kier molecular flexibility index (Phi) is 6.29. The van der Waals surface area contributed by atoms with Gasteiger partial charge in [-0.1, -0.05) is 48.9 Å². The van der Waals surface area contributed by atoms with Gasteiger partial charge in [0.05, 0.1) is 29.1 Å². The van der Waals surface area contributed by atoms with Crippen LogP contribution in [0.1, 0.15) is 50.1 Å². The summed E-state index contributed by atoms with van der Waals surface area (Å²) >= 11 is 2.66. The number of nitrogens with zero attached hydrogens (tertiary/aromatic N) is 3. The summed E-state index contributed by atoms with van der Waals surface area (Å²) in [5, 5.41) is 1.91. The van der Waals surface area contributed by atoms with Gasteiger partial charge in [-0.3, -0.25) is 14.2 Å². The molecule has 0 bridgehead atoms. The van der Waals surface area contributed by atoms with Crippen molar-refractivity contribution in [1.29, 1.82) is 0 Å². The average Bonchev–Trinajstić information content (AvgIpc) is 3.54. The van der Waals surface area contributed by atoms with Crippen LogP contribution < -0.4 is 19.8 Å². The summed E-state index contributed by atoms with van der Waals surface area (Å²) < 4.78 is 7.22. The molecule has 0 spiro atoms. The van der Waals surface area contributed by atoms with Crippen molar-refractivity contribution in [2.24, 2.45) is 4.99 Å². The number of carbonyl (C=O) groups is 2. The quantitative estimate of drug-likeness (QED) is 0.479. The van der Waals surface area contributed by atoms with Crippen LogP contribution in [-0.2, 0) is 14.3 Å². The summed E-state index contributed by atoms with van der Waals surface area (Å²) in [4.78, 5) is 48.2. The van der Waals surface area contributed by atoms with Crippen LogP contribution in [-0.4, -0.2) is 29.6 Å². The molecule has 2 aliphatic rings. The molecule has 0 aliphatic carbocycles. The van der Waals surface area contributed by atoms with Crippen LogP contribution in [0.2, 0.25) is 0 Å². The van der Waals surface area contributed by atoms with E-state index in [0.29, 0.717) is 32.7 Å². The summed E-state index contributed by atoms with van der Waals surface area (Å²) in [6, 6.07) is 10.7. The van der Waals surface area contributed by atoms with E-state index in [9.17, 15) is 14.4 Å². The Morgan fingerprint density at radius 2 is 1.94 bits per heavy atom. The van der Waals surface area contributed by atoms with E-state index in [1.54, 1.807) is 23.3 Å². The number of para-hydroxylation sites is 1. The van der Waals surface area contributed by atoms with E-state index >= 15 is 0 Å². The van der Waals surface area contributed by atoms with E-state index in [4.69, 9.17) is 4.74 Å². The van der Waals surface area contributed by atoms with Crippen molar-refractivity contribution < 1.29 is 14.3 Å². The van der Waals surface area contributed by atoms with Crippen molar-refractivity contribution in [2.45, 2.75) is 39.7 Å². The largest absolute Gasteiger partial charge is 0.463 e. The van der Waals surface area contributed by atoms with Gasteiger partial charge >= 0.3 is 5.97 Å². The summed E-state index contributed by atoms with van der Waals surface area (Å²) in [7, 11) is 0. The molecule has 0 radical (unpaired) electrons. The molecule has 1 unspecified atom stereocenters. The molecule has 1 amide bonds. The normalized spacial score (nSPS) is 18.4. The second-order valence-electron chi connectivity index (χ2n) is 8.34. The van der Waals surface area contributed by atoms with E-state index in [-0.39, 0.29) is 18.1 Å². The number of ether oxygens (including phenoxy) is 1. The van der Waals surface area contributed by atoms with E-state index in [2.05, 4.69) is 11.9 Å². The maximum atomic E-state index is 14.0. The molecule has 0 fully saturated rings. The van der Waals surface area contributed by atoms with Gasteiger partial charge in [0.25, 0.3) is 11.5 Å². The molecule has 4 heterocycles. The lowest BCUT2D eigenvalue weighted by Gasteiger charge is -2.23. The van der Waals surface area contributed by atoms with Gasteiger partial charge in [0.2, 0.25) is 0 Å². The molecule has 2 aliphatic heterocycles. The number of allylic oxidation sites excluding steroid dienone is 1. The van der Waals surface area contributed by atoms with Gasteiger partial charge in [-0.2, -0.15) is 0 Å². The highest BCUT2D eigenvalue weighted by Gasteiger charge is 2.37. The molecule has 0 saturated heterocycles. The van der Waals surface area contributed by atoms with E-state index < -0.39 is 12.0 Å². The number of thiophene rings is 1. The van der Waals surface area contributed by atoms with Crippen LogP contribution in [0.4, 0.5) is 5.69 Å². The number of hydrogen-bond acceptors (Lipinski definition) is 7. The number of rotatable bonds is 6. The van der Waals surface area contributed by atoms with Crippen LogP contribution in [0, 0.1) is 0 Å². The molecule has 3 aromatic rings. The monoisotopic (exact) mass is 507 g/mol. The number of unbranched alkanes of at least 4 members (excludes halogenated alkanes) is 1. The first-order valence-corrected chi connectivity index (χ1v) is 13.3. The Morgan fingerprint density at radius 1 is 1.14 bits per heavy atom. The second-order valence-corrected chi connectivity index (χ2v) is 10.3. The number of thiazole rings is 1. The number of aromatic nitrogens is 1. The first-order chi connectivity index (χ1) is 17.0. The summed E-state index contributed by atoms with van der Waals surface area (Å²) in [6.45, 7) is 6.41. The molecule has 0 saturated carbocycles. The van der Waals surface area contributed by atoms with Crippen molar-refractivity contribution in [3.8, 4) is 0 Å². The van der Waals surface area contributed by atoms with Crippen molar-refractivity contribution in [2.75, 3.05) is 18.1 Å². The highest BCUT2D eigenvalue weighted by molar-refractivity contribution is 7.10. The molecule has 7 nitrogen and oxygen atoms in total. The minimum absolute atomic E-state index is 0.168. The molecular weight excluding hydrogens is 482 g/mol. The summed E-state index contributed by atoms with van der Waals surface area (Å²) in [6.07, 6.45) is 1.83. The Hall–Kier alpha value is -3.30. The van der Waals surface area contributed by atoms with Gasteiger partial charge in [-0.05, 0) is 37.8 Å². The number of fused-ring (bicyclic) bond motifs is 2. The van der Waals surface area contributed by atoms with Crippen LogP contribution >= 0.6 is 22.7 Å². The standard InChI is InChI=1S/C26H25N3O4S2/c1-4-6-13-28-17-11-8-7-10-16(17)20(23(28)30)22-24(31)29-21(18-12-9-14-34-18)19(25(32)33-5-2)15(3)27-26(29)35-22/h7-12,14,21H,4-6,13H2,1-3H3/b22-20-. The van der Waals surface area contributed by atoms with Crippen LogP contribution in [0.25, 0.3) is 5.57 Å². The van der Waals surface area contributed by atoms with Crippen LogP contribution in [0.5, 0.6) is 0 Å². The zero-order valence-corrected chi connectivity index (χ0v) is 21.4. The molecular formula is C26H25N3O4S2. The summed E-state index contributed by atoms with van der Waals surface area (Å²) in [5.41, 5.74) is 2.53. The van der Waals surface area contributed by atoms with Crippen LogP contribution in [0.15, 0.2) is 62.8 Å². The number of anilines is 1. The fourth-order valence-electron chi connectivity index (χ4n) is 4.60. The number of hydrogen-bond donors (Lipinski definition) is 0. The number of carbonyl (C=O) groups excluding carboxylic acids is 2. The summed E-state index contributed by atoms with van der Waals surface area (Å²) in [5.74, 6) is -0.656. The van der Waals surface area contributed by atoms with E-state index in [1.165, 1.54) is 22.7 Å². The van der Waals surface area contributed by atoms with Gasteiger partial charge in [-0.15, -0.1) is 11.3 Å². The van der Waals surface area contributed by atoms with Gasteiger partial charge in [0.1, 0.15) is 10.6 Å². The topological polar surface area (TPSA) is 81.0 Å². The lowest BCUT2D eigenvalue weighted by Crippen LogP contribution is -2.40. The lowest BCUT2D eigenvalue weighted by molar-refractivity contribution is -0.139. The second kappa shape index (κ2) is 9.39. The van der Waals surface area contributed by atoms with E-state index in [0.717, 1.165) is 29.0 Å². The molecule has 1 aromatic carbocycles. The Labute approximate surface area is 210 Å². The van der Waals surface area contributed by atoms with Gasteiger partial charge in [0.15, 0.2) is 4.80 Å². The molecule has 180 valence electrons. The first-order valence-electron chi connectivity index (χ1n) is 11.6. The van der Waals surface area contributed by atoms with Gasteiger partial charge in [0, 0.05) is 17.0 Å². The minimum Gasteiger partial charge on any atom is -0.463 e. The third-order valence-electron chi connectivity index (χ3n) is 6.19. The van der Waals surface area contributed by atoms with Crippen molar-refractivity contribution >= 4 is 45.8 Å². The first kappa shape index (κ1) is 23.4. The molecule has 1 atom stereocenters. The molecule has 35 heavy (non-hydrogen) atoms. The third kappa shape index (κ3) is 3.79. The Bertz CT molecular complexity index is 1530. The number of amides is 1. The van der Waals surface area contributed by atoms with Crippen LogP contribution in [0.3, 0.4) is 0 Å². The molecule has 2 aromatic heterocycles. The fraction of sp³-hybridized carbons (Fsp3) is 0.308. The zero-order chi connectivity index (χ0) is 24.7.